The monoisotopic (exact) mass is 433 g/mol. The number of fused-ring (bicyclic) bond motifs is 1. The molecule has 0 radical (unpaired) electrons. The molecule has 5 nitrogen and oxygen atoms in total. The molecule has 27 heavy (non-hydrogen) atoms. The molecule has 1 saturated carbocycles. The van der Waals surface area contributed by atoms with E-state index in [2.05, 4.69) is 55.8 Å². The van der Waals surface area contributed by atoms with E-state index in [4.69, 9.17) is 4.74 Å². The zero-order chi connectivity index (χ0) is 18.8. The number of morpholine rings is 1. The molecule has 0 unspecified atom stereocenters. The van der Waals surface area contributed by atoms with Gasteiger partial charge in [-0.15, -0.1) is 0 Å². The van der Waals surface area contributed by atoms with Crippen molar-refractivity contribution >= 4 is 32.7 Å². The SMILES string of the molecule is Cc1c(CCN2CCOCC2)c2cc(Br)ccc2n1CC(=O)NCC1CC1. The summed E-state index contributed by atoms with van der Waals surface area (Å²) in [4.78, 5) is 14.9. The van der Waals surface area contributed by atoms with Crippen LogP contribution in [0.25, 0.3) is 10.9 Å². The molecule has 4 rings (SSSR count). The van der Waals surface area contributed by atoms with E-state index in [9.17, 15) is 4.79 Å². The largest absolute Gasteiger partial charge is 0.379 e. The molecule has 0 atom stereocenters. The lowest BCUT2D eigenvalue weighted by Gasteiger charge is -2.26. The maximum Gasteiger partial charge on any atom is 0.239 e. The van der Waals surface area contributed by atoms with E-state index in [1.54, 1.807) is 0 Å². The summed E-state index contributed by atoms with van der Waals surface area (Å²) >= 11 is 3.61. The molecule has 6 heteroatoms. The predicted octanol–water partition coefficient (Wildman–Crippen LogP) is 3.11. The smallest absolute Gasteiger partial charge is 0.239 e. The summed E-state index contributed by atoms with van der Waals surface area (Å²) in [6.07, 6.45) is 3.51. The van der Waals surface area contributed by atoms with Gasteiger partial charge in [-0.25, -0.2) is 0 Å². The fraction of sp³-hybridized carbons (Fsp3) is 0.571. The van der Waals surface area contributed by atoms with E-state index >= 15 is 0 Å². The van der Waals surface area contributed by atoms with Crippen molar-refractivity contribution in [2.45, 2.75) is 32.7 Å². The number of hydrogen-bond donors (Lipinski definition) is 1. The highest BCUT2D eigenvalue weighted by molar-refractivity contribution is 9.10. The second kappa shape index (κ2) is 8.33. The van der Waals surface area contributed by atoms with Crippen molar-refractivity contribution in [1.82, 2.24) is 14.8 Å². The van der Waals surface area contributed by atoms with Crippen molar-refractivity contribution in [3.8, 4) is 0 Å². The minimum Gasteiger partial charge on any atom is -0.379 e. The topological polar surface area (TPSA) is 46.5 Å². The fourth-order valence-electron chi connectivity index (χ4n) is 3.92. The minimum absolute atomic E-state index is 0.115. The Morgan fingerprint density at radius 2 is 2.07 bits per heavy atom. The minimum atomic E-state index is 0.115. The van der Waals surface area contributed by atoms with Crippen LogP contribution in [0.5, 0.6) is 0 Å². The Morgan fingerprint density at radius 3 is 2.81 bits per heavy atom. The van der Waals surface area contributed by atoms with E-state index in [-0.39, 0.29) is 5.91 Å². The Kier molecular flexibility index (Phi) is 5.85. The third kappa shape index (κ3) is 4.55. The molecule has 2 heterocycles. The molecular formula is C21H28BrN3O2. The lowest BCUT2D eigenvalue weighted by atomic mass is 10.1. The summed E-state index contributed by atoms with van der Waals surface area (Å²) in [5, 5.41) is 4.35. The van der Waals surface area contributed by atoms with Gasteiger partial charge in [0.1, 0.15) is 6.54 Å². The van der Waals surface area contributed by atoms with Crippen LogP contribution in [-0.2, 0) is 22.5 Å². The third-order valence-electron chi connectivity index (χ3n) is 5.78. The Bertz CT molecular complexity index is 822. The predicted molar refractivity (Wildman–Crippen MR) is 111 cm³/mol. The molecule has 1 N–H and O–H groups in total. The second-order valence-electron chi connectivity index (χ2n) is 7.76. The first-order valence-corrected chi connectivity index (χ1v) is 10.7. The number of amides is 1. The molecule has 146 valence electrons. The summed E-state index contributed by atoms with van der Waals surface area (Å²) in [6.45, 7) is 8.07. The number of halogens is 1. The zero-order valence-electron chi connectivity index (χ0n) is 16.0. The van der Waals surface area contributed by atoms with Gasteiger partial charge >= 0.3 is 0 Å². The van der Waals surface area contributed by atoms with Gasteiger partial charge in [-0.2, -0.15) is 0 Å². The van der Waals surface area contributed by atoms with Gasteiger partial charge in [-0.05, 0) is 55.9 Å². The van der Waals surface area contributed by atoms with E-state index in [0.717, 1.165) is 55.8 Å². The van der Waals surface area contributed by atoms with Crippen LogP contribution in [0.2, 0.25) is 0 Å². The highest BCUT2D eigenvalue weighted by Gasteiger charge is 2.22. The van der Waals surface area contributed by atoms with Crippen LogP contribution in [0.1, 0.15) is 24.1 Å². The summed E-state index contributed by atoms with van der Waals surface area (Å²) < 4.78 is 8.72. The van der Waals surface area contributed by atoms with Gasteiger partial charge in [0, 0.05) is 47.2 Å². The summed E-state index contributed by atoms with van der Waals surface area (Å²) in [5.74, 6) is 0.820. The average Bonchev–Trinajstić information content (AvgIpc) is 3.46. The molecule has 1 aliphatic carbocycles. The van der Waals surface area contributed by atoms with E-state index in [1.165, 1.54) is 29.5 Å². The van der Waals surface area contributed by atoms with E-state index < -0.39 is 0 Å². The van der Waals surface area contributed by atoms with Crippen LogP contribution in [0, 0.1) is 12.8 Å². The first-order valence-electron chi connectivity index (χ1n) is 9.96. The number of nitrogens with zero attached hydrogens (tertiary/aromatic N) is 2. The van der Waals surface area contributed by atoms with Gasteiger partial charge in [-0.3, -0.25) is 9.69 Å². The van der Waals surface area contributed by atoms with Crippen molar-refractivity contribution < 1.29 is 9.53 Å². The van der Waals surface area contributed by atoms with Gasteiger partial charge in [-0.1, -0.05) is 15.9 Å². The van der Waals surface area contributed by atoms with Crippen LogP contribution in [0.3, 0.4) is 0 Å². The average molecular weight is 434 g/mol. The Labute approximate surface area is 169 Å². The fourth-order valence-corrected chi connectivity index (χ4v) is 4.28. The molecule has 1 amide bonds. The van der Waals surface area contributed by atoms with Crippen LogP contribution < -0.4 is 5.32 Å². The quantitative estimate of drug-likeness (QED) is 0.729. The van der Waals surface area contributed by atoms with Crippen molar-refractivity contribution in [3.63, 3.8) is 0 Å². The summed E-state index contributed by atoms with van der Waals surface area (Å²) in [6, 6.07) is 6.38. The molecule has 1 saturated heterocycles. The van der Waals surface area contributed by atoms with Crippen LogP contribution in [-0.4, -0.2) is 54.8 Å². The first kappa shape index (κ1) is 19.0. The number of rotatable bonds is 7. The Balaban J connectivity index is 1.54. The maximum atomic E-state index is 12.5. The Hall–Kier alpha value is -1.37. The normalized spacial score (nSPS) is 18.1. The van der Waals surface area contributed by atoms with Crippen molar-refractivity contribution in [2.75, 3.05) is 39.4 Å². The molecule has 2 aromatic rings. The summed E-state index contributed by atoms with van der Waals surface area (Å²) in [7, 11) is 0. The highest BCUT2D eigenvalue weighted by atomic mass is 79.9. The Morgan fingerprint density at radius 1 is 1.30 bits per heavy atom. The van der Waals surface area contributed by atoms with Gasteiger partial charge in [0.15, 0.2) is 0 Å². The molecule has 0 spiro atoms. The molecule has 2 fully saturated rings. The molecule has 0 bridgehead atoms. The molecule has 2 aliphatic rings. The highest BCUT2D eigenvalue weighted by Crippen LogP contribution is 2.30. The van der Waals surface area contributed by atoms with Crippen molar-refractivity contribution in [2.24, 2.45) is 5.92 Å². The number of carbonyl (C=O) groups is 1. The van der Waals surface area contributed by atoms with Gasteiger partial charge in [0.05, 0.1) is 13.2 Å². The first-order chi connectivity index (χ1) is 13.1. The number of nitrogens with one attached hydrogen (secondary N) is 1. The number of ether oxygens (including phenoxy) is 1. The molecular weight excluding hydrogens is 406 g/mol. The number of benzene rings is 1. The second-order valence-corrected chi connectivity index (χ2v) is 8.68. The number of carbonyl (C=O) groups excluding carboxylic acids is 1. The van der Waals surface area contributed by atoms with Crippen LogP contribution in [0.4, 0.5) is 0 Å². The third-order valence-corrected chi connectivity index (χ3v) is 6.28. The van der Waals surface area contributed by atoms with E-state index in [1.807, 2.05) is 0 Å². The van der Waals surface area contributed by atoms with Crippen LogP contribution in [0.15, 0.2) is 22.7 Å². The maximum absolute atomic E-state index is 12.5. The number of aromatic nitrogens is 1. The number of hydrogen-bond acceptors (Lipinski definition) is 3. The van der Waals surface area contributed by atoms with E-state index in [0.29, 0.717) is 12.5 Å². The lowest BCUT2D eigenvalue weighted by molar-refractivity contribution is -0.121. The molecule has 1 aromatic heterocycles. The molecule has 1 aliphatic heterocycles. The van der Waals surface area contributed by atoms with Crippen LogP contribution >= 0.6 is 15.9 Å². The van der Waals surface area contributed by atoms with Crippen molar-refractivity contribution in [3.05, 3.63) is 33.9 Å². The van der Waals surface area contributed by atoms with Gasteiger partial charge in [0.25, 0.3) is 0 Å². The summed E-state index contributed by atoms with van der Waals surface area (Å²) in [5.41, 5.74) is 3.71. The zero-order valence-corrected chi connectivity index (χ0v) is 17.6. The standard InChI is InChI=1S/C21H28BrN3O2/c1-15-18(6-7-24-8-10-27-11-9-24)19-12-17(22)4-5-20(19)25(15)14-21(26)23-13-16-2-3-16/h4-5,12,16H,2-3,6-11,13-14H2,1H3,(H,23,26). The van der Waals surface area contributed by atoms with Gasteiger partial charge in [0.2, 0.25) is 5.91 Å². The lowest BCUT2D eigenvalue weighted by Crippen LogP contribution is -2.37. The molecule has 1 aromatic carbocycles. The van der Waals surface area contributed by atoms with Crippen molar-refractivity contribution in [1.29, 1.82) is 0 Å². The van der Waals surface area contributed by atoms with Gasteiger partial charge < -0.3 is 14.6 Å².